The average Bonchev–Trinajstić information content (AvgIpc) is 2.52. The molecule has 0 aliphatic carbocycles. The van der Waals surface area contributed by atoms with E-state index in [0.29, 0.717) is 12.2 Å². The summed E-state index contributed by atoms with van der Waals surface area (Å²) in [4.78, 5) is 14.1. The number of esters is 1. The average molecular weight is 404 g/mol. The summed E-state index contributed by atoms with van der Waals surface area (Å²) in [5, 5.41) is 0. The van der Waals surface area contributed by atoms with E-state index in [0.717, 1.165) is 13.0 Å². The number of rotatable bonds is 15. The minimum atomic E-state index is -0.201. The molecule has 3 nitrogen and oxygen atoms in total. The minimum Gasteiger partial charge on any atom is -0.461 e. The molecule has 1 unspecified atom stereocenters. The van der Waals surface area contributed by atoms with Gasteiger partial charge in [0.05, 0.1) is 0 Å². The minimum absolute atomic E-state index is 0.201. The molecule has 0 aromatic carbocycles. The van der Waals surface area contributed by atoms with Crippen LogP contribution in [-0.4, -0.2) is 42.9 Å². The summed E-state index contributed by atoms with van der Waals surface area (Å²) in [5.74, 6) is -0.201. The van der Waals surface area contributed by atoms with Gasteiger partial charge in [-0.2, -0.15) is 0 Å². The third-order valence-corrected chi connectivity index (χ3v) is 4.83. The molecule has 0 N–H and O–H groups in total. The first-order valence-corrected chi connectivity index (χ1v) is 10.5. The number of likely N-dealkylation sites (N-methyl/N-ethyl adjacent to an activating group) is 1. The molecule has 1 atom stereocenters. The van der Waals surface area contributed by atoms with E-state index in [2.05, 4.69) is 22.9 Å². The van der Waals surface area contributed by atoms with Crippen molar-refractivity contribution in [2.24, 2.45) is 0 Å². The van der Waals surface area contributed by atoms with Crippen molar-refractivity contribution < 1.29 is 9.53 Å². The van der Waals surface area contributed by atoms with E-state index < -0.39 is 0 Å². The highest BCUT2D eigenvalue weighted by Gasteiger charge is 2.09. The number of nitrogens with zero attached hydrogens (tertiary/aromatic N) is 1. The zero-order valence-corrected chi connectivity index (χ0v) is 17.9. The SMILES string of the molecule is CCCCCCCCCCCC(Br)C=C(C)C(=O)OCCN(C)C. The number of allylic oxidation sites excluding steroid dienone is 1. The van der Waals surface area contributed by atoms with Crippen LogP contribution in [0.2, 0.25) is 0 Å². The Bertz CT molecular complexity index is 343. The van der Waals surface area contributed by atoms with Crippen molar-refractivity contribution >= 4 is 21.9 Å². The molecular weight excluding hydrogens is 366 g/mol. The lowest BCUT2D eigenvalue weighted by atomic mass is 10.1. The number of alkyl halides is 1. The Hall–Kier alpha value is -0.350. The van der Waals surface area contributed by atoms with Gasteiger partial charge in [-0.3, -0.25) is 0 Å². The Morgan fingerprint density at radius 3 is 2.12 bits per heavy atom. The molecule has 24 heavy (non-hydrogen) atoms. The van der Waals surface area contributed by atoms with E-state index in [1.165, 1.54) is 57.8 Å². The van der Waals surface area contributed by atoms with Gasteiger partial charge in [0.25, 0.3) is 0 Å². The zero-order valence-electron chi connectivity index (χ0n) is 16.3. The second kappa shape index (κ2) is 16.1. The molecule has 0 aliphatic heterocycles. The molecule has 0 aromatic rings. The summed E-state index contributed by atoms with van der Waals surface area (Å²) in [5.41, 5.74) is 0.701. The molecule has 0 bridgehead atoms. The van der Waals surface area contributed by atoms with Gasteiger partial charge < -0.3 is 9.64 Å². The Balaban J connectivity index is 3.68. The summed E-state index contributed by atoms with van der Waals surface area (Å²) in [6.07, 6.45) is 15.2. The normalized spacial score (nSPS) is 13.3. The van der Waals surface area contributed by atoms with Crippen LogP contribution in [0.5, 0.6) is 0 Å². The Labute approximate surface area is 158 Å². The molecule has 0 fully saturated rings. The number of halogens is 1. The van der Waals surface area contributed by atoms with Crippen molar-refractivity contribution in [3.63, 3.8) is 0 Å². The number of unbranched alkanes of at least 4 members (excludes halogenated alkanes) is 8. The van der Waals surface area contributed by atoms with E-state index in [9.17, 15) is 4.79 Å². The molecule has 0 aliphatic rings. The van der Waals surface area contributed by atoms with E-state index in [1.807, 2.05) is 32.0 Å². The molecule has 0 heterocycles. The first-order chi connectivity index (χ1) is 11.5. The van der Waals surface area contributed by atoms with E-state index in [1.54, 1.807) is 0 Å². The Kier molecular flexibility index (Phi) is 15.9. The summed E-state index contributed by atoms with van der Waals surface area (Å²) in [7, 11) is 3.94. The maximum Gasteiger partial charge on any atom is 0.333 e. The maximum atomic E-state index is 11.9. The third kappa shape index (κ3) is 15.2. The standard InChI is InChI=1S/C20H38BrNO2/c1-5-6-7-8-9-10-11-12-13-14-19(21)17-18(2)20(23)24-16-15-22(3)4/h17,19H,5-16H2,1-4H3. The van der Waals surface area contributed by atoms with Crippen LogP contribution in [0.15, 0.2) is 11.6 Å². The van der Waals surface area contributed by atoms with Crippen LogP contribution in [0.1, 0.15) is 78.1 Å². The summed E-state index contributed by atoms with van der Waals surface area (Å²) in [6, 6.07) is 0. The van der Waals surface area contributed by atoms with Gasteiger partial charge in [-0.25, -0.2) is 4.79 Å². The van der Waals surface area contributed by atoms with Crippen LogP contribution in [-0.2, 0) is 9.53 Å². The topological polar surface area (TPSA) is 29.5 Å². The number of hydrogen-bond donors (Lipinski definition) is 0. The lowest BCUT2D eigenvalue weighted by molar-refractivity contribution is -0.139. The maximum absolute atomic E-state index is 11.9. The molecule has 0 saturated heterocycles. The van der Waals surface area contributed by atoms with Crippen molar-refractivity contribution in [1.82, 2.24) is 4.90 Å². The van der Waals surface area contributed by atoms with E-state index in [-0.39, 0.29) is 10.8 Å². The quantitative estimate of drug-likeness (QED) is 0.151. The van der Waals surface area contributed by atoms with Gasteiger partial charge in [0, 0.05) is 16.9 Å². The zero-order chi connectivity index (χ0) is 18.2. The highest BCUT2D eigenvalue weighted by atomic mass is 79.9. The van der Waals surface area contributed by atoms with Gasteiger partial charge >= 0.3 is 5.97 Å². The van der Waals surface area contributed by atoms with Gasteiger partial charge in [0.2, 0.25) is 0 Å². The van der Waals surface area contributed by atoms with Crippen LogP contribution in [0.4, 0.5) is 0 Å². The first kappa shape index (κ1) is 23.6. The van der Waals surface area contributed by atoms with Crippen molar-refractivity contribution in [2.75, 3.05) is 27.2 Å². The predicted octanol–water partition coefficient (Wildman–Crippen LogP) is 5.72. The number of carbonyl (C=O) groups is 1. The molecule has 4 heteroatoms. The Morgan fingerprint density at radius 1 is 1.04 bits per heavy atom. The highest BCUT2D eigenvalue weighted by molar-refractivity contribution is 9.09. The van der Waals surface area contributed by atoms with Gasteiger partial charge in [-0.05, 0) is 27.4 Å². The molecule has 0 rings (SSSR count). The van der Waals surface area contributed by atoms with Crippen LogP contribution >= 0.6 is 15.9 Å². The molecule has 0 aromatic heterocycles. The smallest absolute Gasteiger partial charge is 0.333 e. The van der Waals surface area contributed by atoms with Crippen molar-refractivity contribution in [3.05, 3.63) is 11.6 Å². The number of hydrogen-bond acceptors (Lipinski definition) is 3. The summed E-state index contributed by atoms with van der Waals surface area (Å²) in [6.45, 7) is 5.30. The molecule has 0 spiro atoms. The van der Waals surface area contributed by atoms with Gasteiger partial charge in [0.15, 0.2) is 0 Å². The fraction of sp³-hybridized carbons (Fsp3) is 0.850. The monoisotopic (exact) mass is 403 g/mol. The summed E-state index contributed by atoms with van der Waals surface area (Å²) < 4.78 is 5.24. The lowest BCUT2D eigenvalue weighted by Gasteiger charge is -2.11. The van der Waals surface area contributed by atoms with Crippen molar-refractivity contribution in [2.45, 2.75) is 82.9 Å². The van der Waals surface area contributed by atoms with Crippen LogP contribution in [0, 0.1) is 0 Å². The van der Waals surface area contributed by atoms with Crippen molar-refractivity contribution in [3.8, 4) is 0 Å². The molecule has 142 valence electrons. The van der Waals surface area contributed by atoms with E-state index in [4.69, 9.17) is 4.74 Å². The fourth-order valence-electron chi connectivity index (χ4n) is 2.51. The second-order valence-corrected chi connectivity index (χ2v) is 8.10. The molecule has 0 amide bonds. The molecule has 0 radical (unpaired) electrons. The molecular formula is C20H38BrNO2. The largest absolute Gasteiger partial charge is 0.461 e. The predicted molar refractivity (Wildman–Crippen MR) is 108 cm³/mol. The third-order valence-electron chi connectivity index (χ3n) is 4.11. The van der Waals surface area contributed by atoms with Gasteiger partial charge in [0.1, 0.15) is 6.61 Å². The second-order valence-electron chi connectivity index (χ2n) is 6.92. The Morgan fingerprint density at radius 2 is 1.58 bits per heavy atom. The summed E-state index contributed by atoms with van der Waals surface area (Å²) >= 11 is 3.66. The van der Waals surface area contributed by atoms with Crippen LogP contribution in [0.25, 0.3) is 0 Å². The highest BCUT2D eigenvalue weighted by Crippen LogP contribution is 2.16. The fourth-order valence-corrected chi connectivity index (χ4v) is 3.23. The van der Waals surface area contributed by atoms with E-state index >= 15 is 0 Å². The number of ether oxygens (including phenoxy) is 1. The van der Waals surface area contributed by atoms with Gasteiger partial charge in [-0.1, -0.05) is 86.7 Å². The molecule has 0 saturated carbocycles. The van der Waals surface area contributed by atoms with Crippen LogP contribution < -0.4 is 0 Å². The van der Waals surface area contributed by atoms with Crippen LogP contribution in [0.3, 0.4) is 0 Å². The number of carbonyl (C=O) groups excluding carboxylic acids is 1. The van der Waals surface area contributed by atoms with Crippen molar-refractivity contribution in [1.29, 1.82) is 0 Å². The van der Waals surface area contributed by atoms with Gasteiger partial charge in [-0.15, -0.1) is 0 Å². The lowest BCUT2D eigenvalue weighted by Crippen LogP contribution is -2.20. The first-order valence-electron chi connectivity index (χ1n) is 9.61.